The van der Waals surface area contributed by atoms with E-state index in [-0.39, 0.29) is 11.4 Å². The fourth-order valence-corrected chi connectivity index (χ4v) is 3.52. The molecule has 0 fully saturated rings. The Bertz CT molecular complexity index is 1360. The standard InChI is InChI=1S/C27H30N6O3/c1-17-18(2)22(36-25-13-14-28-16-29-25)12-11-21(17)30-26(34)31-24-15-23(27(3,4)5)32-33(24)19-7-9-20(35-6)10-8-19/h7-16H,1-6H3,(H2,30,31,34). The zero-order valence-corrected chi connectivity index (χ0v) is 21.3. The molecule has 9 nitrogen and oxygen atoms in total. The van der Waals surface area contributed by atoms with Crippen LogP contribution < -0.4 is 20.1 Å². The highest BCUT2D eigenvalue weighted by atomic mass is 16.5. The van der Waals surface area contributed by atoms with Gasteiger partial charge in [-0.1, -0.05) is 20.8 Å². The van der Waals surface area contributed by atoms with Crippen molar-refractivity contribution in [3.8, 4) is 23.1 Å². The number of rotatable bonds is 6. The molecule has 2 aromatic carbocycles. The van der Waals surface area contributed by atoms with Gasteiger partial charge in [0.2, 0.25) is 5.88 Å². The third-order valence-electron chi connectivity index (χ3n) is 5.79. The summed E-state index contributed by atoms with van der Waals surface area (Å²) in [7, 11) is 1.62. The van der Waals surface area contributed by atoms with Crippen LogP contribution >= 0.6 is 0 Å². The number of aromatic nitrogens is 4. The number of carbonyl (C=O) groups is 1. The van der Waals surface area contributed by atoms with Crippen LogP contribution in [0.25, 0.3) is 5.69 Å². The number of amides is 2. The van der Waals surface area contributed by atoms with E-state index in [1.807, 2.05) is 44.2 Å². The SMILES string of the molecule is COc1ccc(-n2nc(C(C)(C)C)cc2NC(=O)Nc2ccc(Oc3ccncn3)c(C)c2C)cc1. The van der Waals surface area contributed by atoms with Crippen LogP contribution in [0, 0.1) is 13.8 Å². The Morgan fingerprint density at radius 2 is 1.72 bits per heavy atom. The lowest BCUT2D eigenvalue weighted by molar-refractivity contribution is 0.262. The molecule has 2 N–H and O–H groups in total. The van der Waals surface area contributed by atoms with E-state index in [0.29, 0.717) is 23.1 Å². The van der Waals surface area contributed by atoms with Crippen LogP contribution in [0.3, 0.4) is 0 Å². The number of nitrogens with zero attached hydrogens (tertiary/aromatic N) is 4. The van der Waals surface area contributed by atoms with Gasteiger partial charge in [0.05, 0.1) is 18.5 Å². The fourth-order valence-electron chi connectivity index (χ4n) is 3.52. The number of hydrogen-bond acceptors (Lipinski definition) is 6. The van der Waals surface area contributed by atoms with Crippen LogP contribution in [-0.2, 0) is 5.41 Å². The van der Waals surface area contributed by atoms with E-state index in [2.05, 4.69) is 41.4 Å². The van der Waals surface area contributed by atoms with Crippen molar-refractivity contribution in [2.75, 3.05) is 17.7 Å². The Morgan fingerprint density at radius 1 is 0.972 bits per heavy atom. The minimum atomic E-state index is -0.378. The van der Waals surface area contributed by atoms with Crippen molar-refractivity contribution < 1.29 is 14.3 Å². The lowest BCUT2D eigenvalue weighted by Gasteiger charge is -2.15. The van der Waals surface area contributed by atoms with Crippen molar-refractivity contribution in [1.29, 1.82) is 0 Å². The smallest absolute Gasteiger partial charge is 0.324 e. The number of nitrogens with one attached hydrogen (secondary N) is 2. The fraction of sp³-hybridized carbons (Fsp3) is 0.259. The van der Waals surface area contributed by atoms with Crippen molar-refractivity contribution in [2.24, 2.45) is 0 Å². The highest BCUT2D eigenvalue weighted by Crippen LogP contribution is 2.31. The van der Waals surface area contributed by atoms with Crippen LogP contribution in [0.1, 0.15) is 37.6 Å². The minimum Gasteiger partial charge on any atom is -0.497 e. The van der Waals surface area contributed by atoms with Crippen LogP contribution in [0.4, 0.5) is 16.3 Å². The molecule has 0 bridgehead atoms. The van der Waals surface area contributed by atoms with Crippen LogP contribution in [-0.4, -0.2) is 32.9 Å². The van der Waals surface area contributed by atoms with Crippen molar-refractivity contribution in [3.05, 3.63) is 77.9 Å². The predicted molar refractivity (Wildman–Crippen MR) is 139 cm³/mol. The van der Waals surface area contributed by atoms with Gasteiger partial charge >= 0.3 is 6.03 Å². The molecule has 0 aliphatic heterocycles. The summed E-state index contributed by atoms with van der Waals surface area (Å²) in [6.45, 7) is 10.1. The first-order valence-electron chi connectivity index (χ1n) is 11.5. The molecule has 0 atom stereocenters. The lowest BCUT2D eigenvalue weighted by atomic mass is 9.92. The van der Waals surface area contributed by atoms with Crippen molar-refractivity contribution in [2.45, 2.75) is 40.0 Å². The Labute approximate surface area is 210 Å². The summed E-state index contributed by atoms with van der Waals surface area (Å²) in [5, 5.41) is 10.7. The lowest BCUT2D eigenvalue weighted by Crippen LogP contribution is -2.22. The van der Waals surface area contributed by atoms with Crippen LogP contribution in [0.2, 0.25) is 0 Å². The quantitative estimate of drug-likeness (QED) is 0.345. The Hall–Kier alpha value is -4.40. The van der Waals surface area contributed by atoms with E-state index < -0.39 is 0 Å². The molecule has 0 saturated heterocycles. The molecule has 9 heteroatoms. The van der Waals surface area contributed by atoms with E-state index in [1.165, 1.54) is 6.33 Å². The molecule has 2 heterocycles. The van der Waals surface area contributed by atoms with Gasteiger partial charge < -0.3 is 14.8 Å². The summed E-state index contributed by atoms with van der Waals surface area (Å²) in [6.07, 6.45) is 3.05. The molecule has 0 radical (unpaired) electrons. The number of benzene rings is 2. The maximum absolute atomic E-state index is 13.0. The molecule has 0 aliphatic carbocycles. The monoisotopic (exact) mass is 486 g/mol. The first-order chi connectivity index (χ1) is 17.2. The van der Waals surface area contributed by atoms with Gasteiger partial charge in [0.15, 0.2) is 0 Å². The van der Waals surface area contributed by atoms with E-state index in [1.54, 1.807) is 36.2 Å². The van der Waals surface area contributed by atoms with Gasteiger partial charge in [0.1, 0.15) is 23.6 Å². The molecular weight excluding hydrogens is 456 g/mol. The number of carbonyl (C=O) groups excluding carboxylic acids is 1. The maximum atomic E-state index is 13.0. The number of ether oxygens (including phenoxy) is 2. The predicted octanol–water partition coefficient (Wildman–Crippen LogP) is 6.02. The molecule has 2 amide bonds. The highest BCUT2D eigenvalue weighted by Gasteiger charge is 2.22. The number of hydrogen-bond donors (Lipinski definition) is 2. The van der Waals surface area contributed by atoms with Gasteiger partial charge in [0, 0.05) is 29.4 Å². The normalized spacial score (nSPS) is 11.2. The summed E-state index contributed by atoms with van der Waals surface area (Å²) in [5.74, 6) is 2.41. The van der Waals surface area contributed by atoms with Crippen molar-refractivity contribution in [3.63, 3.8) is 0 Å². The number of methoxy groups -OCH3 is 1. The molecule has 0 unspecified atom stereocenters. The third kappa shape index (κ3) is 5.46. The zero-order chi connectivity index (χ0) is 25.9. The van der Waals surface area contributed by atoms with Crippen molar-refractivity contribution in [1.82, 2.24) is 19.7 Å². The molecular formula is C27H30N6O3. The second-order valence-corrected chi connectivity index (χ2v) is 9.36. The second kappa shape index (κ2) is 10.1. The van der Waals surface area contributed by atoms with Gasteiger partial charge in [-0.25, -0.2) is 19.4 Å². The Morgan fingerprint density at radius 3 is 2.36 bits per heavy atom. The Balaban J connectivity index is 1.56. The average Bonchev–Trinajstić information content (AvgIpc) is 3.29. The molecule has 4 aromatic rings. The topological polar surface area (TPSA) is 103 Å². The maximum Gasteiger partial charge on any atom is 0.324 e. The van der Waals surface area contributed by atoms with E-state index in [4.69, 9.17) is 14.6 Å². The highest BCUT2D eigenvalue weighted by molar-refractivity contribution is 6.00. The number of anilines is 2. The van der Waals surface area contributed by atoms with Crippen LogP contribution in [0.5, 0.6) is 17.4 Å². The summed E-state index contributed by atoms with van der Waals surface area (Å²) in [6, 6.07) is 14.3. The first-order valence-corrected chi connectivity index (χ1v) is 11.5. The summed E-state index contributed by atoms with van der Waals surface area (Å²) < 4.78 is 12.8. The van der Waals surface area contributed by atoms with Gasteiger partial charge in [-0.05, 0) is 61.4 Å². The number of urea groups is 1. The zero-order valence-electron chi connectivity index (χ0n) is 21.3. The molecule has 0 saturated carbocycles. The van der Waals surface area contributed by atoms with E-state index in [0.717, 1.165) is 28.3 Å². The molecule has 4 rings (SSSR count). The van der Waals surface area contributed by atoms with Gasteiger partial charge in [-0.2, -0.15) is 5.10 Å². The molecule has 0 spiro atoms. The van der Waals surface area contributed by atoms with Crippen molar-refractivity contribution >= 4 is 17.5 Å². The summed E-state index contributed by atoms with van der Waals surface area (Å²) in [5.41, 5.74) is 3.91. The third-order valence-corrected chi connectivity index (χ3v) is 5.79. The molecule has 186 valence electrons. The summed E-state index contributed by atoms with van der Waals surface area (Å²) in [4.78, 5) is 21.0. The largest absolute Gasteiger partial charge is 0.497 e. The molecule has 36 heavy (non-hydrogen) atoms. The average molecular weight is 487 g/mol. The minimum absolute atomic E-state index is 0.197. The van der Waals surface area contributed by atoms with Crippen LogP contribution in [0.15, 0.2) is 61.1 Å². The molecule has 0 aliphatic rings. The van der Waals surface area contributed by atoms with Gasteiger partial charge in [-0.3, -0.25) is 5.32 Å². The van der Waals surface area contributed by atoms with Gasteiger partial charge in [-0.15, -0.1) is 0 Å². The molecule has 2 aromatic heterocycles. The summed E-state index contributed by atoms with van der Waals surface area (Å²) >= 11 is 0. The van der Waals surface area contributed by atoms with E-state index >= 15 is 0 Å². The second-order valence-electron chi connectivity index (χ2n) is 9.36. The van der Waals surface area contributed by atoms with E-state index in [9.17, 15) is 4.79 Å². The first kappa shape index (κ1) is 24.7. The van der Waals surface area contributed by atoms with Gasteiger partial charge in [0.25, 0.3) is 0 Å². The Kier molecular flexibility index (Phi) is 6.91.